The molecule has 5 nitrogen and oxygen atoms in total. The van der Waals surface area contributed by atoms with Crippen LogP contribution in [-0.4, -0.2) is 22.8 Å². The lowest BCUT2D eigenvalue weighted by Crippen LogP contribution is -2.45. The molecule has 6 heteroatoms. The largest absolute Gasteiger partial charge is 0.508 e. The van der Waals surface area contributed by atoms with Crippen LogP contribution in [0.3, 0.4) is 0 Å². The summed E-state index contributed by atoms with van der Waals surface area (Å²) >= 11 is 5.24. The van der Waals surface area contributed by atoms with Gasteiger partial charge in [0.25, 0.3) is 0 Å². The van der Waals surface area contributed by atoms with Crippen LogP contribution in [-0.2, 0) is 9.53 Å². The molecule has 0 spiro atoms. The molecule has 0 saturated carbocycles. The smallest absolute Gasteiger partial charge is 0.338 e. The van der Waals surface area contributed by atoms with Gasteiger partial charge < -0.3 is 20.5 Å². The maximum absolute atomic E-state index is 12.5. The summed E-state index contributed by atoms with van der Waals surface area (Å²) in [6, 6.07) is 10.6. The van der Waals surface area contributed by atoms with Crippen molar-refractivity contribution in [3.63, 3.8) is 0 Å². The third-order valence-corrected chi connectivity index (χ3v) is 4.22. The number of thiocarbonyl (C=S) groups is 1. The summed E-state index contributed by atoms with van der Waals surface area (Å²) in [5.74, 6) is -0.333. The van der Waals surface area contributed by atoms with E-state index in [1.54, 1.807) is 19.9 Å². The molecule has 3 rings (SSSR count). The molecule has 0 radical (unpaired) electrons. The zero-order chi connectivity index (χ0) is 17.3. The van der Waals surface area contributed by atoms with Crippen LogP contribution in [0.1, 0.15) is 25.5 Å². The number of ether oxygens (including phenoxy) is 1. The van der Waals surface area contributed by atoms with Crippen molar-refractivity contribution in [2.75, 3.05) is 6.61 Å². The topological polar surface area (TPSA) is 70.6 Å². The molecular formula is C18H18N2O3S. The van der Waals surface area contributed by atoms with Gasteiger partial charge in [-0.15, -0.1) is 0 Å². The first-order valence-corrected chi connectivity index (χ1v) is 8.09. The molecule has 0 aliphatic carbocycles. The molecule has 124 valence electrons. The predicted molar refractivity (Wildman–Crippen MR) is 96.6 cm³/mol. The molecule has 2 aromatic rings. The number of phenols is 1. The van der Waals surface area contributed by atoms with Gasteiger partial charge in [-0.3, -0.25) is 0 Å². The quantitative estimate of drug-likeness (QED) is 0.589. The Bertz CT molecular complexity index is 860. The summed E-state index contributed by atoms with van der Waals surface area (Å²) in [4.78, 5) is 12.5. The molecule has 3 N–H and O–H groups in total. The number of aromatic hydroxyl groups is 1. The van der Waals surface area contributed by atoms with Crippen molar-refractivity contribution in [2.24, 2.45) is 0 Å². The number of carbonyl (C=O) groups excluding carboxylic acids is 1. The summed E-state index contributed by atoms with van der Waals surface area (Å²) in [7, 11) is 0. The minimum atomic E-state index is -0.580. The van der Waals surface area contributed by atoms with E-state index in [9.17, 15) is 9.90 Å². The fourth-order valence-electron chi connectivity index (χ4n) is 2.98. The van der Waals surface area contributed by atoms with E-state index < -0.39 is 12.0 Å². The first-order valence-electron chi connectivity index (χ1n) is 7.69. The van der Waals surface area contributed by atoms with Crippen molar-refractivity contribution in [2.45, 2.75) is 19.9 Å². The third-order valence-electron chi connectivity index (χ3n) is 4.00. The van der Waals surface area contributed by atoms with Crippen molar-refractivity contribution >= 4 is 34.1 Å². The Morgan fingerprint density at radius 2 is 2.04 bits per heavy atom. The highest BCUT2D eigenvalue weighted by atomic mass is 32.1. The van der Waals surface area contributed by atoms with Gasteiger partial charge in [0.05, 0.1) is 18.2 Å². The normalized spacial score (nSPS) is 17.4. The molecule has 24 heavy (non-hydrogen) atoms. The van der Waals surface area contributed by atoms with E-state index >= 15 is 0 Å². The van der Waals surface area contributed by atoms with Gasteiger partial charge in [-0.25, -0.2) is 4.79 Å². The number of esters is 1. The zero-order valence-electron chi connectivity index (χ0n) is 13.4. The molecule has 0 bridgehead atoms. The van der Waals surface area contributed by atoms with Crippen LogP contribution < -0.4 is 10.6 Å². The van der Waals surface area contributed by atoms with Crippen LogP contribution in [0.25, 0.3) is 10.8 Å². The van der Waals surface area contributed by atoms with Gasteiger partial charge in [0.1, 0.15) is 5.75 Å². The van der Waals surface area contributed by atoms with E-state index in [4.69, 9.17) is 17.0 Å². The zero-order valence-corrected chi connectivity index (χ0v) is 14.2. The van der Waals surface area contributed by atoms with Crippen molar-refractivity contribution in [3.8, 4) is 5.75 Å². The monoisotopic (exact) mass is 342 g/mol. The van der Waals surface area contributed by atoms with Crippen LogP contribution in [0.4, 0.5) is 0 Å². The van der Waals surface area contributed by atoms with E-state index in [0.29, 0.717) is 21.9 Å². The number of rotatable bonds is 3. The molecule has 0 amide bonds. The summed E-state index contributed by atoms with van der Waals surface area (Å²) in [5, 5.41) is 18.8. The molecule has 2 aromatic carbocycles. The van der Waals surface area contributed by atoms with Gasteiger partial charge in [0, 0.05) is 11.3 Å². The fourth-order valence-corrected chi connectivity index (χ4v) is 3.25. The summed E-state index contributed by atoms with van der Waals surface area (Å²) in [6.45, 7) is 3.80. The van der Waals surface area contributed by atoms with Gasteiger partial charge in [-0.2, -0.15) is 0 Å². The second-order valence-electron chi connectivity index (χ2n) is 5.51. The molecular weight excluding hydrogens is 324 g/mol. The number of carbonyl (C=O) groups is 1. The Balaban J connectivity index is 2.22. The second-order valence-corrected chi connectivity index (χ2v) is 5.92. The number of fused-ring (bicyclic) bond motifs is 1. The molecule has 1 aliphatic rings. The number of allylic oxidation sites excluding steroid dienone is 1. The van der Waals surface area contributed by atoms with E-state index in [0.717, 1.165) is 10.8 Å². The summed E-state index contributed by atoms with van der Waals surface area (Å²) in [5.41, 5.74) is 1.64. The highest BCUT2D eigenvalue weighted by molar-refractivity contribution is 7.80. The Hall–Kier alpha value is -2.60. The molecule has 0 fully saturated rings. The van der Waals surface area contributed by atoms with Crippen LogP contribution in [0.5, 0.6) is 5.75 Å². The molecule has 1 aliphatic heterocycles. The number of benzene rings is 2. The van der Waals surface area contributed by atoms with Gasteiger partial charge in [0.15, 0.2) is 5.11 Å². The van der Waals surface area contributed by atoms with Crippen molar-refractivity contribution in [1.29, 1.82) is 0 Å². The average Bonchev–Trinajstić information content (AvgIpc) is 2.54. The highest BCUT2D eigenvalue weighted by Crippen LogP contribution is 2.38. The Morgan fingerprint density at radius 1 is 1.29 bits per heavy atom. The van der Waals surface area contributed by atoms with Crippen molar-refractivity contribution in [3.05, 3.63) is 53.2 Å². The third kappa shape index (κ3) is 2.80. The van der Waals surface area contributed by atoms with E-state index in [1.807, 2.05) is 30.3 Å². The standard InChI is InChI=1S/C18H18N2O3S/c1-3-23-17(22)14-10(2)19-18(24)20-16(14)15-12-7-5-4-6-11(12)8-9-13(15)21/h4-9,16,21H,3H2,1-2H3,(H2,19,20,24)/t16-/m0/s1. The molecule has 0 aromatic heterocycles. The molecule has 0 unspecified atom stereocenters. The van der Waals surface area contributed by atoms with Gasteiger partial charge >= 0.3 is 5.97 Å². The summed E-state index contributed by atoms with van der Waals surface area (Å²) in [6.07, 6.45) is 0. The van der Waals surface area contributed by atoms with Crippen LogP contribution in [0.15, 0.2) is 47.7 Å². The Morgan fingerprint density at radius 3 is 2.79 bits per heavy atom. The maximum atomic E-state index is 12.5. The maximum Gasteiger partial charge on any atom is 0.338 e. The Labute approximate surface area is 145 Å². The van der Waals surface area contributed by atoms with Crippen LogP contribution in [0.2, 0.25) is 0 Å². The molecule has 0 saturated heterocycles. The first-order chi connectivity index (χ1) is 11.5. The van der Waals surface area contributed by atoms with E-state index in [-0.39, 0.29) is 12.4 Å². The number of nitrogens with one attached hydrogen (secondary N) is 2. The minimum absolute atomic E-state index is 0.102. The van der Waals surface area contributed by atoms with E-state index in [2.05, 4.69) is 10.6 Å². The average molecular weight is 342 g/mol. The second kappa shape index (κ2) is 6.49. The van der Waals surface area contributed by atoms with Gasteiger partial charge in [-0.05, 0) is 42.9 Å². The Kier molecular flexibility index (Phi) is 4.40. The number of hydrogen-bond donors (Lipinski definition) is 3. The van der Waals surface area contributed by atoms with Crippen LogP contribution >= 0.6 is 12.2 Å². The van der Waals surface area contributed by atoms with Gasteiger partial charge in [0.2, 0.25) is 0 Å². The number of phenolic OH excluding ortho intramolecular Hbond substituents is 1. The molecule has 1 heterocycles. The lowest BCUT2D eigenvalue weighted by Gasteiger charge is -2.30. The first kappa shape index (κ1) is 16.3. The minimum Gasteiger partial charge on any atom is -0.508 e. The summed E-state index contributed by atoms with van der Waals surface area (Å²) < 4.78 is 5.19. The predicted octanol–water partition coefficient (Wildman–Crippen LogP) is 2.90. The fraction of sp³-hybridized carbons (Fsp3) is 0.222. The van der Waals surface area contributed by atoms with Crippen molar-refractivity contribution < 1.29 is 14.6 Å². The SMILES string of the molecule is CCOC(=O)C1=C(C)NC(=S)N[C@@H]1c1c(O)ccc2ccccc12. The molecule has 1 atom stereocenters. The van der Waals surface area contributed by atoms with Crippen molar-refractivity contribution in [1.82, 2.24) is 10.6 Å². The van der Waals surface area contributed by atoms with Crippen LogP contribution in [0, 0.1) is 0 Å². The van der Waals surface area contributed by atoms with Gasteiger partial charge in [-0.1, -0.05) is 30.3 Å². The lowest BCUT2D eigenvalue weighted by atomic mass is 9.91. The number of hydrogen-bond acceptors (Lipinski definition) is 4. The van der Waals surface area contributed by atoms with E-state index in [1.165, 1.54) is 0 Å². The highest BCUT2D eigenvalue weighted by Gasteiger charge is 2.33. The lowest BCUT2D eigenvalue weighted by molar-refractivity contribution is -0.139.